The SMILES string of the molecule is CC(C)(C)OC(=O)N1CCC[C@H](Nc2ncc(C(F)(F)F)c(-c3cn(S(=O)(=O)c4ccccc4)c4cc(-c5cccnc5)ccc34)n2)C1. The number of carbonyl (C=O) groups excluding carboxylic acids is 1. The Morgan fingerprint density at radius 1 is 1.00 bits per heavy atom. The Labute approximate surface area is 275 Å². The quantitative estimate of drug-likeness (QED) is 0.200. The van der Waals surface area contributed by atoms with Crippen LogP contribution in [0.5, 0.6) is 0 Å². The van der Waals surface area contributed by atoms with Crippen LogP contribution >= 0.6 is 0 Å². The summed E-state index contributed by atoms with van der Waals surface area (Å²) in [7, 11) is -4.25. The van der Waals surface area contributed by atoms with E-state index in [1.807, 2.05) is 0 Å². The van der Waals surface area contributed by atoms with Crippen LogP contribution in [-0.2, 0) is 20.9 Å². The van der Waals surface area contributed by atoms with Gasteiger partial charge in [0.15, 0.2) is 0 Å². The van der Waals surface area contributed by atoms with Gasteiger partial charge in [0.1, 0.15) is 11.2 Å². The number of carbonyl (C=O) groups is 1. The first-order chi connectivity index (χ1) is 22.7. The molecule has 6 rings (SSSR count). The Morgan fingerprint density at radius 2 is 1.77 bits per heavy atom. The number of hydrogen-bond acceptors (Lipinski definition) is 8. The molecule has 14 heteroatoms. The van der Waals surface area contributed by atoms with Crippen LogP contribution in [0.1, 0.15) is 39.2 Å². The number of likely N-dealkylation sites (tertiary alicyclic amines) is 1. The maximum absolute atomic E-state index is 14.5. The Morgan fingerprint density at radius 3 is 2.46 bits per heavy atom. The molecule has 1 aliphatic rings. The van der Waals surface area contributed by atoms with E-state index >= 15 is 0 Å². The van der Waals surface area contributed by atoms with E-state index in [1.54, 1.807) is 86.6 Å². The summed E-state index contributed by atoms with van der Waals surface area (Å²) in [6, 6.07) is 15.7. The molecular formula is C34H33F3N6O4S. The molecule has 0 bridgehead atoms. The average Bonchev–Trinajstić information content (AvgIpc) is 3.44. The summed E-state index contributed by atoms with van der Waals surface area (Å²) in [5.74, 6) is -0.0900. The second kappa shape index (κ2) is 12.6. The van der Waals surface area contributed by atoms with Crippen molar-refractivity contribution in [3.05, 3.63) is 91.0 Å². The summed E-state index contributed by atoms with van der Waals surface area (Å²) >= 11 is 0. The average molecular weight is 679 g/mol. The molecule has 48 heavy (non-hydrogen) atoms. The van der Waals surface area contributed by atoms with Crippen LogP contribution in [0.2, 0.25) is 0 Å². The van der Waals surface area contributed by atoms with Crippen molar-refractivity contribution in [3.63, 3.8) is 0 Å². The van der Waals surface area contributed by atoms with Crippen LogP contribution in [0.25, 0.3) is 33.3 Å². The van der Waals surface area contributed by atoms with Crippen molar-refractivity contribution in [3.8, 4) is 22.4 Å². The van der Waals surface area contributed by atoms with Crippen molar-refractivity contribution in [2.24, 2.45) is 0 Å². The predicted molar refractivity (Wildman–Crippen MR) is 175 cm³/mol. The van der Waals surface area contributed by atoms with Gasteiger partial charge in [0.05, 0.1) is 16.1 Å². The second-order valence-corrected chi connectivity index (χ2v) is 14.3. The van der Waals surface area contributed by atoms with Gasteiger partial charge in [-0.1, -0.05) is 36.4 Å². The van der Waals surface area contributed by atoms with E-state index in [0.29, 0.717) is 36.7 Å². The molecule has 4 heterocycles. The molecule has 1 N–H and O–H groups in total. The summed E-state index contributed by atoms with van der Waals surface area (Å²) in [4.78, 5) is 26.7. The van der Waals surface area contributed by atoms with Gasteiger partial charge in [-0.05, 0) is 63.4 Å². The molecule has 5 aromatic rings. The number of pyridine rings is 1. The summed E-state index contributed by atoms with van der Waals surface area (Å²) in [5.41, 5.74) is -0.855. The highest BCUT2D eigenvalue weighted by atomic mass is 32.2. The highest BCUT2D eigenvalue weighted by Crippen LogP contribution is 2.41. The van der Waals surface area contributed by atoms with Gasteiger partial charge in [-0.2, -0.15) is 13.2 Å². The topological polar surface area (TPSA) is 119 Å². The van der Waals surface area contributed by atoms with Crippen LogP contribution in [0, 0.1) is 0 Å². The fourth-order valence-corrected chi connectivity index (χ4v) is 7.02. The van der Waals surface area contributed by atoms with Crippen molar-refractivity contribution in [2.45, 2.75) is 56.3 Å². The zero-order valence-corrected chi connectivity index (χ0v) is 27.2. The summed E-state index contributed by atoms with van der Waals surface area (Å²) < 4.78 is 77.9. The van der Waals surface area contributed by atoms with Crippen molar-refractivity contribution in [1.82, 2.24) is 23.8 Å². The number of rotatable bonds is 6. The third-order valence-electron chi connectivity index (χ3n) is 7.82. The van der Waals surface area contributed by atoms with E-state index in [-0.39, 0.29) is 39.9 Å². The van der Waals surface area contributed by atoms with Gasteiger partial charge in [-0.15, -0.1) is 0 Å². The fourth-order valence-electron chi connectivity index (χ4n) is 5.64. The fraction of sp³-hybridized carbons (Fsp3) is 0.294. The van der Waals surface area contributed by atoms with Gasteiger partial charge >= 0.3 is 12.3 Å². The van der Waals surface area contributed by atoms with Gasteiger partial charge < -0.3 is 15.0 Å². The smallest absolute Gasteiger partial charge is 0.419 e. The molecule has 0 unspecified atom stereocenters. The van der Waals surface area contributed by atoms with Gasteiger partial charge in [-0.3, -0.25) is 4.98 Å². The van der Waals surface area contributed by atoms with E-state index in [4.69, 9.17) is 4.74 Å². The normalized spacial score (nSPS) is 15.8. The van der Waals surface area contributed by atoms with Crippen molar-refractivity contribution < 1.29 is 31.1 Å². The molecule has 1 amide bonds. The first-order valence-corrected chi connectivity index (χ1v) is 16.7. The van der Waals surface area contributed by atoms with E-state index in [1.165, 1.54) is 18.3 Å². The summed E-state index contributed by atoms with van der Waals surface area (Å²) in [5, 5.41) is 3.33. The molecule has 1 fully saturated rings. The van der Waals surface area contributed by atoms with Gasteiger partial charge in [0.2, 0.25) is 5.95 Å². The van der Waals surface area contributed by atoms with E-state index in [9.17, 15) is 26.4 Å². The maximum atomic E-state index is 14.5. The predicted octanol–water partition coefficient (Wildman–Crippen LogP) is 7.23. The van der Waals surface area contributed by atoms with Crippen LogP contribution in [0.15, 0.2) is 90.3 Å². The highest BCUT2D eigenvalue weighted by Gasteiger charge is 2.37. The molecular weight excluding hydrogens is 645 g/mol. The van der Waals surface area contributed by atoms with Crippen LogP contribution in [-0.4, -0.2) is 63.1 Å². The molecule has 1 atom stereocenters. The molecule has 10 nitrogen and oxygen atoms in total. The third-order valence-corrected chi connectivity index (χ3v) is 9.51. The number of amides is 1. The first kappa shape index (κ1) is 32.9. The molecule has 1 aliphatic heterocycles. The number of nitrogens with one attached hydrogen (secondary N) is 1. The summed E-state index contributed by atoms with van der Waals surface area (Å²) in [6.07, 6.45) is 0.990. The minimum Gasteiger partial charge on any atom is -0.444 e. The second-order valence-electron chi connectivity index (χ2n) is 12.5. The molecule has 1 saturated heterocycles. The summed E-state index contributed by atoms with van der Waals surface area (Å²) in [6.45, 7) is 6.01. The monoisotopic (exact) mass is 678 g/mol. The van der Waals surface area contributed by atoms with Gasteiger partial charge in [0.25, 0.3) is 10.0 Å². The lowest BCUT2D eigenvalue weighted by Crippen LogP contribution is -2.47. The number of piperidine rings is 1. The molecule has 0 spiro atoms. The van der Waals surface area contributed by atoms with E-state index in [2.05, 4.69) is 20.3 Å². The Hall–Kier alpha value is -4.98. The molecule has 250 valence electrons. The van der Waals surface area contributed by atoms with E-state index < -0.39 is 39.2 Å². The minimum absolute atomic E-state index is 0.0341. The Kier molecular flexibility index (Phi) is 8.62. The number of alkyl halides is 3. The number of aromatic nitrogens is 4. The van der Waals surface area contributed by atoms with Crippen LogP contribution < -0.4 is 5.32 Å². The van der Waals surface area contributed by atoms with Crippen molar-refractivity contribution in [2.75, 3.05) is 18.4 Å². The molecule has 0 radical (unpaired) electrons. The van der Waals surface area contributed by atoms with Crippen molar-refractivity contribution in [1.29, 1.82) is 0 Å². The lowest BCUT2D eigenvalue weighted by Gasteiger charge is -2.34. The standard InChI is InChI=1S/C34H33F3N6O4S/c1-33(2,3)47-32(44)42-16-8-10-24(20-42)40-31-39-19-28(34(35,36)37)30(41-31)27-21-43(48(45,46)25-11-5-4-6-12-25)29-17-22(13-14-26(27)29)23-9-7-15-38-18-23/h4-7,9,11-15,17-19,21,24H,8,10,16,20H2,1-3H3,(H,39,40,41)/t24-/m0/s1. The van der Waals surface area contributed by atoms with Crippen LogP contribution in [0.3, 0.4) is 0 Å². The third kappa shape index (κ3) is 6.84. The number of ether oxygens (including phenoxy) is 1. The van der Waals surface area contributed by atoms with Crippen LogP contribution in [0.4, 0.5) is 23.9 Å². The first-order valence-electron chi connectivity index (χ1n) is 15.3. The van der Waals surface area contributed by atoms with Gasteiger partial charge in [0, 0.05) is 60.4 Å². The molecule has 0 aliphatic carbocycles. The number of benzene rings is 2. The number of fused-ring (bicyclic) bond motifs is 1. The number of anilines is 1. The maximum Gasteiger partial charge on any atom is 0.419 e. The van der Waals surface area contributed by atoms with Crippen molar-refractivity contribution >= 4 is 33.0 Å². The number of halogens is 3. The Bertz CT molecular complexity index is 2060. The number of nitrogens with zero attached hydrogens (tertiary/aromatic N) is 5. The zero-order chi connectivity index (χ0) is 34.3. The molecule has 3 aromatic heterocycles. The van der Waals surface area contributed by atoms with Gasteiger partial charge in [-0.25, -0.2) is 27.2 Å². The molecule has 2 aromatic carbocycles. The largest absolute Gasteiger partial charge is 0.444 e. The van der Waals surface area contributed by atoms with E-state index in [0.717, 1.165) is 3.97 Å². The minimum atomic E-state index is -4.85. The Balaban J connectivity index is 1.46. The lowest BCUT2D eigenvalue weighted by atomic mass is 10.0. The zero-order valence-electron chi connectivity index (χ0n) is 26.4. The lowest BCUT2D eigenvalue weighted by molar-refractivity contribution is -0.137. The highest BCUT2D eigenvalue weighted by molar-refractivity contribution is 7.90. The molecule has 0 saturated carbocycles. The number of hydrogen-bond donors (Lipinski definition) is 1.